The zero-order valence-electron chi connectivity index (χ0n) is 10.3. The summed E-state index contributed by atoms with van der Waals surface area (Å²) in [6.45, 7) is 2.71. The van der Waals surface area contributed by atoms with Crippen LogP contribution in [-0.4, -0.2) is 17.4 Å². The number of thiazole rings is 1. The van der Waals surface area contributed by atoms with E-state index in [1.165, 1.54) is 10.4 Å². The van der Waals surface area contributed by atoms with E-state index in [1.807, 2.05) is 42.9 Å². The predicted molar refractivity (Wildman–Crippen MR) is 73.7 cm³/mol. The topological polar surface area (TPSA) is 42.0 Å². The van der Waals surface area contributed by atoms with Gasteiger partial charge in [0.25, 0.3) is 0 Å². The van der Waals surface area contributed by atoms with E-state index in [2.05, 4.69) is 10.3 Å². The highest BCUT2D eigenvalue weighted by molar-refractivity contribution is 7.09. The average molecular weight is 260 g/mol. The molecule has 2 rings (SSSR count). The lowest BCUT2D eigenvalue weighted by molar-refractivity contribution is -0.120. The third kappa shape index (κ3) is 3.96. The minimum atomic E-state index is 0.0726. The molecule has 1 amide bonds. The van der Waals surface area contributed by atoms with Crippen LogP contribution in [0.25, 0.3) is 0 Å². The molecule has 0 spiro atoms. The van der Waals surface area contributed by atoms with Crippen LogP contribution in [0.5, 0.6) is 0 Å². The van der Waals surface area contributed by atoms with Crippen molar-refractivity contribution in [3.05, 3.63) is 52.0 Å². The van der Waals surface area contributed by atoms with Crippen molar-refractivity contribution in [2.24, 2.45) is 0 Å². The second kappa shape index (κ2) is 6.31. The van der Waals surface area contributed by atoms with Gasteiger partial charge in [0.2, 0.25) is 5.91 Å². The molecule has 1 aromatic carbocycles. The lowest BCUT2D eigenvalue weighted by Crippen LogP contribution is -2.27. The number of nitrogens with one attached hydrogen (secondary N) is 1. The zero-order chi connectivity index (χ0) is 12.8. The van der Waals surface area contributed by atoms with Gasteiger partial charge in [0.1, 0.15) is 0 Å². The molecule has 4 heteroatoms. The van der Waals surface area contributed by atoms with E-state index in [1.54, 1.807) is 11.3 Å². The van der Waals surface area contributed by atoms with Crippen LogP contribution in [0.2, 0.25) is 0 Å². The molecule has 18 heavy (non-hydrogen) atoms. The quantitative estimate of drug-likeness (QED) is 0.896. The lowest BCUT2D eigenvalue weighted by Gasteiger charge is -2.04. The van der Waals surface area contributed by atoms with Gasteiger partial charge in [-0.05, 0) is 12.5 Å². The van der Waals surface area contributed by atoms with Gasteiger partial charge in [0, 0.05) is 24.0 Å². The van der Waals surface area contributed by atoms with Gasteiger partial charge >= 0.3 is 0 Å². The number of hydrogen-bond donors (Lipinski definition) is 1. The number of carbonyl (C=O) groups excluding carboxylic acids is 1. The number of aromatic nitrogens is 1. The van der Waals surface area contributed by atoms with Crippen LogP contribution in [-0.2, 0) is 17.6 Å². The van der Waals surface area contributed by atoms with Gasteiger partial charge in [-0.1, -0.05) is 29.8 Å². The SMILES string of the molecule is Cc1ccc(CC(=O)NCCc2cncs2)cc1. The summed E-state index contributed by atoms with van der Waals surface area (Å²) in [7, 11) is 0. The minimum Gasteiger partial charge on any atom is -0.355 e. The molecule has 0 fully saturated rings. The van der Waals surface area contributed by atoms with Crippen molar-refractivity contribution in [2.75, 3.05) is 6.54 Å². The van der Waals surface area contributed by atoms with E-state index >= 15 is 0 Å². The largest absolute Gasteiger partial charge is 0.355 e. The molecule has 1 heterocycles. The van der Waals surface area contributed by atoms with Gasteiger partial charge in [0.15, 0.2) is 0 Å². The summed E-state index contributed by atoms with van der Waals surface area (Å²) in [5, 5.41) is 2.92. The summed E-state index contributed by atoms with van der Waals surface area (Å²) in [6, 6.07) is 8.05. The summed E-state index contributed by atoms with van der Waals surface area (Å²) in [5.74, 6) is 0.0726. The number of carbonyl (C=O) groups is 1. The standard InChI is InChI=1S/C14H16N2OS/c1-11-2-4-12(5-3-11)8-14(17)16-7-6-13-9-15-10-18-13/h2-5,9-10H,6-8H2,1H3,(H,16,17). The van der Waals surface area contributed by atoms with Crippen molar-refractivity contribution >= 4 is 17.2 Å². The Kier molecular flexibility index (Phi) is 4.47. The molecule has 0 bridgehead atoms. The predicted octanol–water partition coefficient (Wildman–Crippen LogP) is 2.35. The Hall–Kier alpha value is -1.68. The molecule has 3 nitrogen and oxygen atoms in total. The molecule has 0 aliphatic heterocycles. The normalized spacial score (nSPS) is 10.3. The molecule has 2 aromatic rings. The smallest absolute Gasteiger partial charge is 0.224 e. The summed E-state index contributed by atoms with van der Waals surface area (Å²) in [4.78, 5) is 16.9. The van der Waals surface area contributed by atoms with E-state index in [4.69, 9.17) is 0 Å². The Morgan fingerprint density at radius 1 is 1.33 bits per heavy atom. The molecular formula is C14H16N2OS. The van der Waals surface area contributed by atoms with E-state index in [-0.39, 0.29) is 5.91 Å². The Labute approximate surface area is 111 Å². The van der Waals surface area contributed by atoms with Gasteiger partial charge in [0.05, 0.1) is 11.9 Å². The van der Waals surface area contributed by atoms with E-state index in [9.17, 15) is 4.79 Å². The van der Waals surface area contributed by atoms with Crippen molar-refractivity contribution in [3.8, 4) is 0 Å². The number of hydrogen-bond acceptors (Lipinski definition) is 3. The van der Waals surface area contributed by atoms with Crippen LogP contribution in [0.15, 0.2) is 36.0 Å². The van der Waals surface area contributed by atoms with E-state index in [0.29, 0.717) is 13.0 Å². The molecule has 1 aromatic heterocycles. The highest BCUT2D eigenvalue weighted by Gasteiger charge is 2.03. The van der Waals surface area contributed by atoms with Gasteiger partial charge in [-0.3, -0.25) is 9.78 Å². The fraction of sp³-hybridized carbons (Fsp3) is 0.286. The summed E-state index contributed by atoms with van der Waals surface area (Å²) < 4.78 is 0. The summed E-state index contributed by atoms with van der Waals surface area (Å²) in [5.41, 5.74) is 4.07. The fourth-order valence-electron chi connectivity index (χ4n) is 1.64. The first-order valence-corrected chi connectivity index (χ1v) is 6.81. The van der Waals surface area contributed by atoms with Gasteiger partial charge in [-0.25, -0.2) is 0 Å². The third-order valence-electron chi connectivity index (χ3n) is 2.66. The van der Waals surface area contributed by atoms with Crippen LogP contribution in [0, 0.1) is 6.92 Å². The fourth-order valence-corrected chi connectivity index (χ4v) is 2.24. The van der Waals surface area contributed by atoms with Gasteiger partial charge in [-0.2, -0.15) is 0 Å². The van der Waals surface area contributed by atoms with Gasteiger partial charge < -0.3 is 5.32 Å². The van der Waals surface area contributed by atoms with Crippen LogP contribution in [0.4, 0.5) is 0 Å². The van der Waals surface area contributed by atoms with Crippen molar-refractivity contribution in [3.63, 3.8) is 0 Å². The Balaban J connectivity index is 1.73. The van der Waals surface area contributed by atoms with Crippen molar-refractivity contribution in [1.29, 1.82) is 0 Å². The maximum atomic E-state index is 11.7. The minimum absolute atomic E-state index is 0.0726. The number of benzene rings is 1. The zero-order valence-corrected chi connectivity index (χ0v) is 11.2. The first kappa shape index (κ1) is 12.8. The van der Waals surface area contributed by atoms with E-state index in [0.717, 1.165) is 12.0 Å². The Bertz CT molecular complexity index is 491. The highest BCUT2D eigenvalue weighted by Crippen LogP contribution is 2.06. The number of aryl methyl sites for hydroxylation is 1. The van der Waals surface area contributed by atoms with Crippen molar-refractivity contribution < 1.29 is 4.79 Å². The average Bonchev–Trinajstić information content (AvgIpc) is 2.85. The molecule has 0 unspecified atom stereocenters. The first-order valence-electron chi connectivity index (χ1n) is 5.93. The number of amides is 1. The monoisotopic (exact) mass is 260 g/mol. The Morgan fingerprint density at radius 2 is 2.11 bits per heavy atom. The number of rotatable bonds is 5. The molecule has 0 saturated carbocycles. The molecule has 0 atom stereocenters. The molecule has 94 valence electrons. The lowest BCUT2D eigenvalue weighted by atomic mass is 10.1. The second-order valence-electron chi connectivity index (χ2n) is 4.23. The highest BCUT2D eigenvalue weighted by atomic mass is 32.1. The van der Waals surface area contributed by atoms with Crippen LogP contribution in [0.1, 0.15) is 16.0 Å². The maximum absolute atomic E-state index is 11.7. The number of nitrogens with zero attached hydrogens (tertiary/aromatic N) is 1. The van der Waals surface area contributed by atoms with Gasteiger partial charge in [-0.15, -0.1) is 11.3 Å². The molecule has 1 N–H and O–H groups in total. The van der Waals surface area contributed by atoms with E-state index < -0.39 is 0 Å². The first-order chi connectivity index (χ1) is 8.74. The molecular weight excluding hydrogens is 244 g/mol. The van der Waals surface area contributed by atoms with Crippen molar-refractivity contribution in [1.82, 2.24) is 10.3 Å². The van der Waals surface area contributed by atoms with Crippen LogP contribution >= 0.6 is 11.3 Å². The van der Waals surface area contributed by atoms with Crippen LogP contribution in [0.3, 0.4) is 0 Å². The molecule has 0 saturated heterocycles. The molecule has 0 aliphatic carbocycles. The molecule has 0 radical (unpaired) electrons. The Morgan fingerprint density at radius 3 is 2.78 bits per heavy atom. The third-order valence-corrected chi connectivity index (χ3v) is 3.50. The van der Waals surface area contributed by atoms with Crippen LogP contribution < -0.4 is 5.32 Å². The summed E-state index contributed by atoms with van der Waals surface area (Å²) >= 11 is 1.62. The molecule has 0 aliphatic rings. The van der Waals surface area contributed by atoms with Crippen molar-refractivity contribution in [2.45, 2.75) is 19.8 Å². The maximum Gasteiger partial charge on any atom is 0.224 e. The summed E-state index contributed by atoms with van der Waals surface area (Å²) in [6.07, 6.45) is 3.14. The second-order valence-corrected chi connectivity index (χ2v) is 5.20.